The van der Waals surface area contributed by atoms with Crippen molar-refractivity contribution in [3.05, 3.63) is 82.8 Å². The Kier molecular flexibility index (Phi) is 4.89. The lowest BCUT2D eigenvalue weighted by Crippen LogP contribution is -2.14. The first-order chi connectivity index (χ1) is 12.4. The van der Waals surface area contributed by atoms with Crippen molar-refractivity contribution in [1.82, 2.24) is 0 Å². The highest BCUT2D eigenvalue weighted by atomic mass is 16.3. The Morgan fingerprint density at radius 2 is 1.58 bits per heavy atom. The van der Waals surface area contributed by atoms with Gasteiger partial charge in [-0.15, -0.1) is 0 Å². The molecule has 0 fully saturated rings. The molecular formula is C21H20N2O3. The monoisotopic (exact) mass is 348 g/mol. The summed E-state index contributed by atoms with van der Waals surface area (Å²) in [6.45, 7) is 5.79. The molecular weight excluding hydrogens is 328 g/mol. The number of rotatable bonds is 4. The molecule has 1 heterocycles. The third kappa shape index (κ3) is 4.00. The molecule has 132 valence electrons. The third-order valence-electron chi connectivity index (χ3n) is 3.96. The van der Waals surface area contributed by atoms with Crippen LogP contribution < -0.4 is 10.6 Å². The van der Waals surface area contributed by atoms with Crippen molar-refractivity contribution >= 4 is 23.2 Å². The largest absolute Gasteiger partial charge is 0.459 e. The molecule has 2 N–H and O–H groups in total. The molecule has 5 heteroatoms. The molecule has 1 aromatic heterocycles. The van der Waals surface area contributed by atoms with E-state index in [1.165, 1.54) is 6.26 Å². The second-order valence-corrected chi connectivity index (χ2v) is 6.29. The van der Waals surface area contributed by atoms with Crippen LogP contribution in [0.25, 0.3) is 0 Å². The van der Waals surface area contributed by atoms with Crippen molar-refractivity contribution in [2.24, 2.45) is 0 Å². The molecule has 0 atom stereocenters. The fraction of sp³-hybridized carbons (Fsp3) is 0.143. The summed E-state index contributed by atoms with van der Waals surface area (Å²) >= 11 is 0. The first kappa shape index (κ1) is 17.5. The smallest absolute Gasteiger partial charge is 0.291 e. The molecule has 0 aliphatic rings. The van der Waals surface area contributed by atoms with Crippen LogP contribution in [0, 0.1) is 20.8 Å². The number of carbonyl (C=O) groups is 2. The van der Waals surface area contributed by atoms with E-state index in [0.29, 0.717) is 16.9 Å². The standard InChI is InChI=1S/C21H20N2O3/c1-13-9-14(2)11-16(10-13)20(24)22-17-6-7-18(15(3)12-17)23-21(25)19-5-4-8-26-19/h4-12H,1-3H3,(H,22,24)(H,23,25). The molecule has 2 amide bonds. The normalized spacial score (nSPS) is 10.4. The zero-order chi connectivity index (χ0) is 18.7. The topological polar surface area (TPSA) is 71.3 Å². The SMILES string of the molecule is Cc1cc(C)cc(C(=O)Nc2ccc(NC(=O)c3ccco3)c(C)c2)c1. The van der Waals surface area contributed by atoms with Crippen LogP contribution in [0.1, 0.15) is 37.6 Å². The van der Waals surface area contributed by atoms with Gasteiger partial charge in [0.15, 0.2) is 5.76 Å². The Morgan fingerprint density at radius 3 is 2.19 bits per heavy atom. The minimum Gasteiger partial charge on any atom is -0.459 e. The minimum absolute atomic E-state index is 0.163. The highest BCUT2D eigenvalue weighted by Gasteiger charge is 2.12. The fourth-order valence-electron chi connectivity index (χ4n) is 2.78. The number of benzene rings is 2. The Hall–Kier alpha value is -3.34. The van der Waals surface area contributed by atoms with E-state index in [-0.39, 0.29) is 17.6 Å². The van der Waals surface area contributed by atoms with E-state index in [0.717, 1.165) is 16.7 Å². The summed E-state index contributed by atoms with van der Waals surface area (Å²) in [7, 11) is 0. The molecule has 0 saturated heterocycles. The summed E-state index contributed by atoms with van der Waals surface area (Å²) in [5, 5.41) is 5.69. The van der Waals surface area contributed by atoms with Gasteiger partial charge in [0, 0.05) is 16.9 Å². The summed E-state index contributed by atoms with van der Waals surface area (Å²) in [6, 6.07) is 14.3. The van der Waals surface area contributed by atoms with Crippen LogP contribution in [-0.2, 0) is 0 Å². The molecule has 0 aliphatic heterocycles. The van der Waals surface area contributed by atoms with Gasteiger partial charge in [-0.2, -0.15) is 0 Å². The van der Waals surface area contributed by atoms with E-state index < -0.39 is 0 Å². The summed E-state index contributed by atoms with van der Waals surface area (Å²) in [5.41, 5.74) is 4.88. The lowest BCUT2D eigenvalue weighted by molar-refractivity contribution is 0.0994. The summed E-state index contributed by atoms with van der Waals surface area (Å²) in [6.07, 6.45) is 1.45. The Labute approximate surface area is 152 Å². The van der Waals surface area contributed by atoms with E-state index >= 15 is 0 Å². The number of anilines is 2. The van der Waals surface area contributed by atoms with E-state index in [4.69, 9.17) is 4.42 Å². The van der Waals surface area contributed by atoms with Crippen molar-refractivity contribution in [2.45, 2.75) is 20.8 Å². The molecule has 0 spiro atoms. The molecule has 0 aliphatic carbocycles. The van der Waals surface area contributed by atoms with E-state index in [1.807, 2.05) is 45.0 Å². The number of hydrogen-bond donors (Lipinski definition) is 2. The van der Waals surface area contributed by atoms with Crippen LogP contribution in [0.2, 0.25) is 0 Å². The number of aryl methyl sites for hydroxylation is 3. The van der Waals surface area contributed by atoms with Crippen molar-refractivity contribution in [3.8, 4) is 0 Å². The summed E-state index contributed by atoms with van der Waals surface area (Å²) in [5.74, 6) is -0.231. The fourth-order valence-corrected chi connectivity index (χ4v) is 2.78. The van der Waals surface area contributed by atoms with Crippen molar-refractivity contribution in [2.75, 3.05) is 10.6 Å². The molecule has 3 aromatic rings. The van der Waals surface area contributed by atoms with Crippen molar-refractivity contribution in [3.63, 3.8) is 0 Å². The van der Waals surface area contributed by atoms with Gasteiger partial charge in [-0.25, -0.2) is 0 Å². The first-order valence-corrected chi connectivity index (χ1v) is 8.27. The number of nitrogens with one attached hydrogen (secondary N) is 2. The van der Waals surface area contributed by atoms with E-state index in [1.54, 1.807) is 24.3 Å². The number of furan rings is 1. The molecule has 26 heavy (non-hydrogen) atoms. The van der Waals surface area contributed by atoms with Gasteiger partial charge in [-0.1, -0.05) is 17.2 Å². The Balaban J connectivity index is 1.73. The van der Waals surface area contributed by atoms with Gasteiger partial charge in [0.2, 0.25) is 0 Å². The number of hydrogen-bond acceptors (Lipinski definition) is 3. The number of carbonyl (C=O) groups excluding carboxylic acids is 2. The minimum atomic E-state index is -0.315. The Bertz CT molecular complexity index is 939. The molecule has 2 aromatic carbocycles. The van der Waals surface area contributed by atoms with Crippen molar-refractivity contribution in [1.29, 1.82) is 0 Å². The van der Waals surface area contributed by atoms with Crippen LogP contribution in [0.4, 0.5) is 11.4 Å². The third-order valence-corrected chi connectivity index (χ3v) is 3.96. The van der Waals surface area contributed by atoms with Gasteiger partial charge in [0.25, 0.3) is 11.8 Å². The predicted octanol–water partition coefficient (Wildman–Crippen LogP) is 4.71. The maximum absolute atomic E-state index is 12.5. The van der Waals surface area contributed by atoms with Crippen LogP contribution in [0.3, 0.4) is 0 Å². The van der Waals surface area contributed by atoms with E-state index in [2.05, 4.69) is 10.6 Å². The van der Waals surface area contributed by atoms with Crippen LogP contribution in [-0.4, -0.2) is 11.8 Å². The van der Waals surface area contributed by atoms with Gasteiger partial charge in [-0.3, -0.25) is 9.59 Å². The highest BCUT2D eigenvalue weighted by Crippen LogP contribution is 2.21. The van der Waals surface area contributed by atoms with Crippen LogP contribution in [0.5, 0.6) is 0 Å². The number of amides is 2. The van der Waals surface area contributed by atoms with Gasteiger partial charge in [0.1, 0.15) is 0 Å². The zero-order valence-corrected chi connectivity index (χ0v) is 14.9. The molecule has 0 unspecified atom stereocenters. The van der Waals surface area contributed by atoms with Gasteiger partial charge in [-0.05, 0) is 68.8 Å². The maximum Gasteiger partial charge on any atom is 0.291 e. The molecule has 0 saturated carbocycles. The highest BCUT2D eigenvalue weighted by molar-refractivity contribution is 6.05. The Morgan fingerprint density at radius 1 is 0.846 bits per heavy atom. The van der Waals surface area contributed by atoms with Gasteiger partial charge >= 0.3 is 0 Å². The molecule has 0 bridgehead atoms. The lowest BCUT2D eigenvalue weighted by atomic mass is 10.1. The predicted molar refractivity (Wildman–Crippen MR) is 102 cm³/mol. The second kappa shape index (κ2) is 7.27. The summed E-state index contributed by atoms with van der Waals surface area (Å²) < 4.78 is 5.08. The quantitative estimate of drug-likeness (QED) is 0.717. The lowest BCUT2D eigenvalue weighted by Gasteiger charge is -2.11. The van der Waals surface area contributed by atoms with E-state index in [9.17, 15) is 9.59 Å². The molecule has 0 radical (unpaired) electrons. The summed E-state index contributed by atoms with van der Waals surface area (Å²) in [4.78, 5) is 24.5. The second-order valence-electron chi connectivity index (χ2n) is 6.29. The van der Waals surface area contributed by atoms with Crippen LogP contribution >= 0.6 is 0 Å². The zero-order valence-electron chi connectivity index (χ0n) is 14.9. The molecule has 5 nitrogen and oxygen atoms in total. The van der Waals surface area contributed by atoms with Crippen molar-refractivity contribution < 1.29 is 14.0 Å². The molecule has 3 rings (SSSR count). The average molecular weight is 348 g/mol. The first-order valence-electron chi connectivity index (χ1n) is 8.27. The maximum atomic E-state index is 12.5. The van der Waals surface area contributed by atoms with Gasteiger partial charge in [0.05, 0.1) is 6.26 Å². The van der Waals surface area contributed by atoms with Gasteiger partial charge < -0.3 is 15.1 Å². The van der Waals surface area contributed by atoms with Crippen LogP contribution in [0.15, 0.2) is 59.2 Å². The average Bonchev–Trinajstić information content (AvgIpc) is 3.11.